The van der Waals surface area contributed by atoms with Crippen LogP contribution in [0.5, 0.6) is 0 Å². The average Bonchev–Trinajstić information content (AvgIpc) is 2.46. The van der Waals surface area contributed by atoms with Crippen LogP contribution in [-0.2, 0) is 9.53 Å². The number of carbonyl (C=O) groups is 1. The topological polar surface area (TPSA) is 26.3 Å². The number of esters is 1. The number of hydrogen-bond donors (Lipinski definition) is 0. The summed E-state index contributed by atoms with van der Waals surface area (Å²) in [5.41, 5.74) is -0.215. The van der Waals surface area contributed by atoms with Crippen LogP contribution < -0.4 is 0 Å². The number of carbonyl (C=O) groups excluding carboxylic acids is 1. The number of hydrogen-bond acceptors (Lipinski definition) is 2. The molecule has 2 heteroatoms. The molecule has 0 spiro atoms. The standard InChI is InChI=1S/C20H40O2/c1-9-12-13-17(10-2)14-22-18(21)20(8,16(4)5)15-19(6,7)11-3/h16-17H,9-15H2,1-8H3. The van der Waals surface area contributed by atoms with Gasteiger partial charge in [0.05, 0.1) is 12.0 Å². The van der Waals surface area contributed by atoms with E-state index in [0.29, 0.717) is 18.4 Å². The fraction of sp³-hybridized carbons (Fsp3) is 0.950. The minimum atomic E-state index is -0.386. The lowest BCUT2D eigenvalue weighted by atomic mass is 9.67. The summed E-state index contributed by atoms with van der Waals surface area (Å²) in [6, 6.07) is 0. The fourth-order valence-electron chi connectivity index (χ4n) is 2.89. The maximum Gasteiger partial charge on any atom is 0.312 e. The summed E-state index contributed by atoms with van der Waals surface area (Å²) in [6.07, 6.45) is 6.65. The molecule has 0 saturated carbocycles. The molecular formula is C20H40O2. The minimum absolute atomic E-state index is 0.000950. The van der Waals surface area contributed by atoms with Crippen molar-refractivity contribution in [3.05, 3.63) is 0 Å². The van der Waals surface area contributed by atoms with Crippen molar-refractivity contribution in [3.8, 4) is 0 Å². The van der Waals surface area contributed by atoms with E-state index in [1.165, 1.54) is 19.3 Å². The van der Waals surface area contributed by atoms with Gasteiger partial charge in [-0.05, 0) is 37.0 Å². The van der Waals surface area contributed by atoms with E-state index >= 15 is 0 Å². The predicted octanol–water partition coefficient (Wildman–Crippen LogP) is 6.23. The highest BCUT2D eigenvalue weighted by atomic mass is 16.5. The first-order chi connectivity index (χ1) is 10.1. The Morgan fingerprint density at radius 3 is 2.09 bits per heavy atom. The lowest BCUT2D eigenvalue weighted by Crippen LogP contribution is -2.39. The molecule has 2 unspecified atom stereocenters. The minimum Gasteiger partial charge on any atom is -0.465 e. The summed E-state index contributed by atoms with van der Waals surface area (Å²) in [4.78, 5) is 12.8. The summed E-state index contributed by atoms with van der Waals surface area (Å²) in [5, 5.41) is 0. The molecule has 0 aromatic heterocycles. The van der Waals surface area contributed by atoms with E-state index in [1.54, 1.807) is 0 Å². The molecule has 0 aromatic rings. The van der Waals surface area contributed by atoms with Crippen molar-refractivity contribution in [3.63, 3.8) is 0 Å². The van der Waals surface area contributed by atoms with E-state index in [4.69, 9.17) is 4.74 Å². The maximum atomic E-state index is 12.8. The molecule has 0 bridgehead atoms. The maximum absolute atomic E-state index is 12.8. The van der Waals surface area contributed by atoms with Gasteiger partial charge in [0.25, 0.3) is 0 Å². The zero-order valence-corrected chi connectivity index (χ0v) is 16.4. The molecule has 0 rings (SSSR count). The molecule has 0 N–H and O–H groups in total. The molecule has 0 aliphatic heterocycles. The normalized spacial score (nSPS) is 16.4. The first-order valence-corrected chi connectivity index (χ1v) is 9.30. The van der Waals surface area contributed by atoms with Gasteiger partial charge in [0.2, 0.25) is 0 Å². The number of rotatable bonds is 11. The summed E-state index contributed by atoms with van der Waals surface area (Å²) in [5.74, 6) is 0.806. The van der Waals surface area contributed by atoms with Crippen LogP contribution in [0.1, 0.15) is 93.9 Å². The molecular weight excluding hydrogens is 272 g/mol. The highest BCUT2D eigenvalue weighted by Crippen LogP contribution is 2.42. The van der Waals surface area contributed by atoms with Crippen LogP contribution in [0, 0.1) is 22.7 Å². The molecule has 132 valence electrons. The molecule has 0 aromatic carbocycles. The molecule has 22 heavy (non-hydrogen) atoms. The molecule has 2 atom stereocenters. The first kappa shape index (κ1) is 21.5. The van der Waals surface area contributed by atoms with Crippen LogP contribution in [0.3, 0.4) is 0 Å². The lowest BCUT2D eigenvalue weighted by molar-refractivity contribution is -0.161. The first-order valence-electron chi connectivity index (χ1n) is 9.30. The Morgan fingerprint density at radius 2 is 1.68 bits per heavy atom. The summed E-state index contributed by atoms with van der Waals surface area (Å²) >= 11 is 0. The molecule has 0 fully saturated rings. The Labute approximate surface area is 139 Å². The van der Waals surface area contributed by atoms with Crippen LogP contribution in [0.25, 0.3) is 0 Å². The van der Waals surface area contributed by atoms with Crippen LogP contribution in [0.4, 0.5) is 0 Å². The third-order valence-electron chi connectivity index (χ3n) is 5.54. The highest BCUT2D eigenvalue weighted by Gasteiger charge is 2.42. The predicted molar refractivity (Wildman–Crippen MR) is 95.9 cm³/mol. The van der Waals surface area contributed by atoms with E-state index in [9.17, 15) is 4.79 Å². The second-order valence-electron chi connectivity index (χ2n) is 8.28. The van der Waals surface area contributed by atoms with E-state index in [-0.39, 0.29) is 16.8 Å². The van der Waals surface area contributed by atoms with E-state index in [1.807, 2.05) is 0 Å². The van der Waals surface area contributed by atoms with Crippen LogP contribution in [-0.4, -0.2) is 12.6 Å². The van der Waals surface area contributed by atoms with Gasteiger partial charge in [-0.1, -0.05) is 74.1 Å². The molecule has 0 amide bonds. The largest absolute Gasteiger partial charge is 0.465 e. The van der Waals surface area contributed by atoms with Crippen molar-refractivity contribution in [1.29, 1.82) is 0 Å². The van der Waals surface area contributed by atoms with Crippen molar-refractivity contribution in [2.45, 2.75) is 93.9 Å². The molecule has 2 nitrogen and oxygen atoms in total. The SMILES string of the molecule is CCCCC(CC)COC(=O)C(C)(CC(C)(C)CC)C(C)C. The van der Waals surface area contributed by atoms with Gasteiger partial charge in [-0.3, -0.25) is 4.79 Å². The number of ether oxygens (including phenoxy) is 1. The van der Waals surface area contributed by atoms with E-state index < -0.39 is 0 Å². The van der Waals surface area contributed by atoms with Crippen molar-refractivity contribution in [2.24, 2.45) is 22.7 Å². The summed E-state index contributed by atoms with van der Waals surface area (Å²) < 4.78 is 5.77. The third-order valence-corrected chi connectivity index (χ3v) is 5.54. The lowest BCUT2D eigenvalue weighted by Gasteiger charge is -2.38. The molecule has 0 radical (unpaired) electrons. The molecule has 0 aliphatic carbocycles. The van der Waals surface area contributed by atoms with Crippen LogP contribution in [0.2, 0.25) is 0 Å². The van der Waals surface area contributed by atoms with Gasteiger partial charge in [-0.25, -0.2) is 0 Å². The Hall–Kier alpha value is -0.530. The highest BCUT2D eigenvalue weighted by molar-refractivity contribution is 5.76. The quantitative estimate of drug-likeness (QED) is 0.422. The van der Waals surface area contributed by atoms with E-state index in [2.05, 4.69) is 55.4 Å². The van der Waals surface area contributed by atoms with Crippen molar-refractivity contribution < 1.29 is 9.53 Å². The summed E-state index contributed by atoms with van der Waals surface area (Å²) in [6.45, 7) is 18.0. The second kappa shape index (κ2) is 9.57. The second-order valence-corrected chi connectivity index (χ2v) is 8.28. The Kier molecular flexibility index (Phi) is 9.34. The van der Waals surface area contributed by atoms with Gasteiger partial charge in [0, 0.05) is 0 Å². The molecule has 0 heterocycles. The van der Waals surface area contributed by atoms with Gasteiger partial charge in [0.15, 0.2) is 0 Å². The zero-order chi connectivity index (χ0) is 17.4. The Morgan fingerprint density at radius 1 is 1.09 bits per heavy atom. The summed E-state index contributed by atoms with van der Waals surface area (Å²) in [7, 11) is 0. The smallest absolute Gasteiger partial charge is 0.312 e. The van der Waals surface area contributed by atoms with Crippen molar-refractivity contribution in [1.82, 2.24) is 0 Å². The van der Waals surface area contributed by atoms with Gasteiger partial charge in [-0.2, -0.15) is 0 Å². The van der Waals surface area contributed by atoms with Crippen LogP contribution >= 0.6 is 0 Å². The zero-order valence-electron chi connectivity index (χ0n) is 16.4. The van der Waals surface area contributed by atoms with Gasteiger partial charge < -0.3 is 4.74 Å². The monoisotopic (exact) mass is 312 g/mol. The van der Waals surface area contributed by atoms with Crippen molar-refractivity contribution >= 4 is 5.97 Å². The average molecular weight is 313 g/mol. The molecule has 0 aliphatic rings. The fourth-order valence-corrected chi connectivity index (χ4v) is 2.89. The Balaban J connectivity index is 4.79. The van der Waals surface area contributed by atoms with E-state index in [0.717, 1.165) is 19.3 Å². The Bertz CT molecular complexity index is 320. The van der Waals surface area contributed by atoms with Crippen LogP contribution in [0.15, 0.2) is 0 Å². The van der Waals surface area contributed by atoms with Crippen molar-refractivity contribution in [2.75, 3.05) is 6.61 Å². The van der Waals surface area contributed by atoms with Gasteiger partial charge in [-0.15, -0.1) is 0 Å². The number of unbranched alkanes of at least 4 members (excludes halogenated alkanes) is 1. The van der Waals surface area contributed by atoms with Gasteiger partial charge in [0.1, 0.15) is 0 Å². The molecule has 0 saturated heterocycles. The van der Waals surface area contributed by atoms with Gasteiger partial charge >= 0.3 is 5.97 Å². The third kappa shape index (κ3) is 6.71.